The number of ether oxygens (including phenoxy) is 2. The van der Waals surface area contributed by atoms with Crippen LogP contribution in [-0.2, 0) is 0 Å². The van der Waals surface area contributed by atoms with Crippen molar-refractivity contribution in [1.29, 1.82) is 0 Å². The zero-order valence-corrected chi connectivity index (χ0v) is 9.72. The Morgan fingerprint density at radius 2 is 1.29 bits per heavy atom. The van der Waals surface area contributed by atoms with Gasteiger partial charge in [-0.25, -0.2) is 0 Å². The van der Waals surface area contributed by atoms with Gasteiger partial charge in [0.25, 0.3) is 0 Å². The van der Waals surface area contributed by atoms with Gasteiger partial charge >= 0.3 is 0 Å². The van der Waals surface area contributed by atoms with Crippen LogP contribution >= 0.6 is 0 Å². The molecule has 2 aromatic carbocycles. The molecule has 0 atom stereocenters. The summed E-state index contributed by atoms with van der Waals surface area (Å²) in [6, 6.07) is 15.3. The second-order valence-electron chi connectivity index (χ2n) is 3.55. The summed E-state index contributed by atoms with van der Waals surface area (Å²) in [6.07, 6.45) is 1.80. The first kappa shape index (κ1) is 11.3. The van der Waals surface area contributed by atoms with E-state index in [1.54, 1.807) is 13.2 Å². The van der Waals surface area contributed by atoms with Crippen LogP contribution in [0.2, 0.25) is 0 Å². The van der Waals surface area contributed by atoms with Gasteiger partial charge in [0.2, 0.25) is 0 Å². The van der Waals surface area contributed by atoms with Crippen molar-refractivity contribution >= 4 is 6.08 Å². The molecule has 2 heteroatoms. The minimum absolute atomic E-state index is 0.789. The van der Waals surface area contributed by atoms with E-state index in [-0.39, 0.29) is 0 Å². The minimum atomic E-state index is 0.789. The zero-order chi connectivity index (χ0) is 12.1. The van der Waals surface area contributed by atoms with Gasteiger partial charge < -0.3 is 9.47 Å². The van der Waals surface area contributed by atoms with Crippen molar-refractivity contribution in [3.63, 3.8) is 0 Å². The molecule has 0 saturated heterocycles. The molecule has 0 heterocycles. The molecule has 0 aromatic heterocycles. The molecule has 0 spiro atoms. The van der Waals surface area contributed by atoms with E-state index >= 15 is 0 Å². The molecule has 0 radical (unpaired) electrons. The summed E-state index contributed by atoms with van der Waals surface area (Å²) in [5.74, 6) is 2.41. The lowest BCUT2D eigenvalue weighted by Gasteiger charge is -2.06. The molecule has 0 bridgehead atoms. The van der Waals surface area contributed by atoms with Crippen LogP contribution in [0.5, 0.6) is 17.2 Å². The van der Waals surface area contributed by atoms with E-state index in [2.05, 4.69) is 6.58 Å². The van der Waals surface area contributed by atoms with Gasteiger partial charge in [0.05, 0.1) is 7.11 Å². The number of hydrogen-bond donors (Lipinski definition) is 0. The topological polar surface area (TPSA) is 18.5 Å². The van der Waals surface area contributed by atoms with Crippen LogP contribution in [0.1, 0.15) is 5.56 Å². The Morgan fingerprint density at radius 3 is 1.76 bits per heavy atom. The summed E-state index contributed by atoms with van der Waals surface area (Å²) in [4.78, 5) is 0. The largest absolute Gasteiger partial charge is 0.497 e. The molecule has 0 saturated carbocycles. The molecule has 86 valence electrons. The monoisotopic (exact) mass is 226 g/mol. The van der Waals surface area contributed by atoms with Gasteiger partial charge in [-0.05, 0) is 42.0 Å². The van der Waals surface area contributed by atoms with E-state index in [4.69, 9.17) is 9.47 Å². The van der Waals surface area contributed by atoms with Crippen molar-refractivity contribution in [1.82, 2.24) is 0 Å². The van der Waals surface area contributed by atoms with Gasteiger partial charge in [-0.15, -0.1) is 0 Å². The third-order valence-electron chi connectivity index (χ3n) is 2.41. The molecule has 0 unspecified atom stereocenters. The highest BCUT2D eigenvalue weighted by molar-refractivity contribution is 5.48. The van der Waals surface area contributed by atoms with Crippen LogP contribution in [0.25, 0.3) is 6.08 Å². The van der Waals surface area contributed by atoms with Gasteiger partial charge in [0.15, 0.2) is 0 Å². The molecule has 0 aliphatic carbocycles. The van der Waals surface area contributed by atoms with Crippen LogP contribution in [0.4, 0.5) is 0 Å². The lowest BCUT2D eigenvalue weighted by atomic mass is 10.2. The maximum absolute atomic E-state index is 5.69. The molecule has 2 aromatic rings. The summed E-state index contributed by atoms with van der Waals surface area (Å²) < 4.78 is 10.8. The number of methoxy groups -OCH3 is 1. The van der Waals surface area contributed by atoms with E-state index < -0.39 is 0 Å². The Morgan fingerprint density at radius 1 is 0.824 bits per heavy atom. The standard InChI is InChI=1S/C15H14O2/c1-3-12-4-6-14(7-5-12)17-15-10-8-13(16-2)9-11-15/h3-11H,1H2,2H3. The highest BCUT2D eigenvalue weighted by atomic mass is 16.5. The molecular formula is C15H14O2. The summed E-state index contributed by atoms with van der Waals surface area (Å²) in [5.41, 5.74) is 1.08. The summed E-state index contributed by atoms with van der Waals surface area (Å²) in [6.45, 7) is 3.71. The first-order valence-electron chi connectivity index (χ1n) is 5.36. The van der Waals surface area contributed by atoms with Crippen molar-refractivity contribution in [3.8, 4) is 17.2 Å². The first-order valence-corrected chi connectivity index (χ1v) is 5.36. The number of rotatable bonds is 4. The number of benzene rings is 2. The fourth-order valence-electron chi connectivity index (χ4n) is 1.45. The van der Waals surface area contributed by atoms with E-state index in [0.29, 0.717) is 0 Å². The molecule has 2 rings (SSSR count). The Balaban J connectivity index is 2.10. The predicted molar refractivity (Wildman–Crippen MR) is 69.6 cm³/mol. The fourth-order valence-corrected chi connectivity index (χ4v) is 1.45. The Hall–Kier alpha value is -2.22. The lowest BCUT2D eigenvalue weighted by molar-refractivity contribution is 0.413. The lowest BCUT2D eigenvalue weighted by Crippen LogP contribution is -1.85. The molecule has 17 heavy (non-hydrogen) atoms. The second kappa shape index (κ2) is 5.21. The quantitative estimate of drug-likeness (QED) is 0.780. The third kappa shape index (κ3) is 2.88. The Bertz CT molecular complexity index is 483. The summed E-state index contributed by atoms with van der Waals surface area (Å²) in [5, 5.41) is 0. The maximum Gasteiger partial charge on any atom is 0.127 e. The van der Waals surface area contributed by atoms with Gasteiger partial charge in [0, 0.05) is 0 Å². The summed E-state index contributed by atoms with van der Waals surface area (Å²) >= 11 is 0. The van der Waals surface area contributed by atoms with Gasteiger partial charge in [0.1, 0.15) is 17.2 Å². The van der Waals surface area contributed by atoms with Gasteiger partial charge in [-0.2, -0.15) is 0 Å². The molecular weight excluding hydrogens is 212 g/mol. The van der Waals surface area contributed by atoms with E-state index in [1.807, 2.05) is 48.5 Å². The van der Waals surface area contributed by atoms with Crippen LogP contribution in [0.3, 0.4) is 0 Å². The predicted octanol–water partition coefficient (Wildman–Crippen LogP) is 4.13. The van der Waals surface area contributed by atoms with Gasteiger partial charge in [-0.3, -0.25) is 0 Å². The average Bonchev–Trinajstić information content (AvgIpc) is 2.40. The molecule has 0 N–H and O–H groups in total. The first-order chi connectivity index (χ1) is 8.31. The van der Waals surface area contributed by atoms with Crippen molar-refractivity contribution in [2.45, 2.75) is 0 Å². The molecule has 2 nitrogen and oxygen atoms in total. The van der Waals surface area contributed by atoms with Crippen LogP contribution in [0, 0.1) is 0 Å². The zero-order valence-electron chi connectivity index (χ0n) is 9.72. The van der Waals surface area contributed by atoms with Crippen molar-refractivity contribution in [2.75, 3.05) is 7.11 Å². The molecule has 0 amide bonds. The van der Waals surface area contributed by atoms with Crippen molar-refractivity contribution in [3.05, 3.63) is 60.7 Å². The minimum Gasteiger partial charge on any atom is -0.497 e. The van der Waals surface area contributed by atoms with E-state index in [1.165, 1.54) is 0 Å². The van der Waals surface area contributed by atoms with E-state index in [9.17, 15) is 0 Å². The fraction of sp³-hybridized carbons (Fsp3) is 0.0667. The summed E-state index contributed by atoms with van der Waals surface area (Å²) in [7, 11) is 1.64. The third-order valence-corrected chi connectivity index (χ3v) is 2.41. The Kier molecular flexibility index (Phi) is 3.46. The maximum atomic E-state index is 5.69. The highest BCUT2D eigenvalue weighted by Gasteiger charge is 1.97. The molecule has 0 aliphatic heterocycles. The Labute approximate surface area is 101 Å². The average molecular weight is 226 g/mol. The highest BCUT2D eigenvalue weighted by Crippen LogP contribution is 2.24. The van der Waals surface area contributed by atoms with Crippen LogP contribution < -0.4 is 9.47 Å². The van der Waals surface area contributed by atoms with Crippen LogP contribution in [-0.4, -0.2) is 7.11 Å². The van der Waals surface area contributed by atoms with Crippen molar-refractivity contribution in [2.24, 2.45) is 0 Å². The SMILES string of the molecule is C=Cc1ccc(Oc2ccc(OC)cc2)cc1. The smallest absolute Gasteiger partial charge is 0.127 e. The van der Waals surface area contributed by atoms with Crippen LogP contribution in [0.15, 0.2) is 55.1 Å². The van der Waals surface area contributed by atoms with Gasteiger partial charge in [-0.1, -0.05) is 24.8 Å². The molecule has 0 fully saturated rings. The normalized spacial score (nSPS) is 9.71. The molecule has 0 aliphatic rings. The number of hydrogen-bond acceptors (Lipinski definition) is 2. The van der Waals surface area contributed by atoms with Crippen molar-refractivity contribution < 1.29 is 9.47 Å². The van der Waals surface area contributed by atoms with E-state index in [0.717, 1.165) is 22.8 Å². The second-order valence-corrected chi connectivity index (χ2v) is 3.55.